The van der Waals surface area contributed by atoms with Gasteiger partial charge in [-0.1, -0.05) is 46.5 Å². The molecule has 0 bridgehead atoms. The molecule has 14 heavy (non-hydrogen) atoms. The lowest BCUT2D eigenvalue weighted by atomic mass is 9.83. The Bertz CT molecular complexity index is 161. The quantitative estimate of drug-likeness (QED) is 0.539. The van der Waals surface area contributed by atoms with Gasteiger partial charge in [-0.05, 0) is 25.2 Å². The minimum atomic E-state index is 0.851. The predicted octanol–water partition coefficient (Wildman–Crippen LogP) is 4.32. The molecule has 84 valence electrons. The largest absolute Gasteiger partial charge is 0.298 e. The van der Waals surface area contributed by atoms with Crippen LogP contribution in [0.5, 0.6) is 0 Å². The third kappa shape index (κ3) is 5.41. The van der Waals surface area contributed by atoms with Crippen LogP contribution in [0.4, 0.5) is 0 Å². The van der Waals surface area contributed by atoms with E-state index in [1.807, 2.05) is 7.05 Å². The zero-order chi connectivity index (χ0) is 11.0. The van der Waals surface area contributed by atoms with Crippen molar-refractivity contribution in [1.29, 1.82) is 0 Å². The molecule has 0 aromatic carbocycles. The van der Waals surface area contributed by atoms with Gasteiger partial charge in [0.05, 0.1) is 0 Å². The molecule has 0 aromatic heterocycles. The van der Waals surface area contributed by atoms with Crippen LogP contribution >= 0.6 is 0 Å². The highest BCUT2D eigenvalue weighted by atomic mass is 14.7. The lowest BCUT2D eigenvalue weighted by Crippen LogP contribution is -2.15. The molecule has 0 aromatic rings. The predicted molar refractivity (Wildman–Crippen MR) is 66.1 cm³/mol. The van der Waals surface area contributed by atoms with E-state index in [2.05, 4.69) is 32.7 Å². The third-order valence-electron chi connectivity index (χ3n) is 3.15. The van der Waals surface area contributed by atoms with E-state index in [0.717, 1.165) is 11.8 Å². The summed E-state index contributed by atoms with van der Waals surface area (Å²) >= 11 is 0. The molecular formula is C13H27N. The van der Waals surface area contributed by atoms with Crippen LogP contribution in [0.1, 0.15) is 59.8 Å². The molecule has 0 spiro atoms. The van der Waals surface area contributed by atoms with Crippen LogP contribution < -0.4 is 0 Å². The Morgan fingerprint density at radius 1 is 1.14 bits per heavy atom. The summed E-state index contributed by atoms with van der Waals surface area (Å²) in [5.74, 6) is 1.71. The van der Waals surface area contributed by atoms with Crippen LogP contribution in [0.3, 0.4) is 0 Å². The fraction of sp³-hybridized carbons (Fsp3) is 0.923. The van der Waals surface area contributed by atoms with Crippen molar-refractivity contribution in [3.8, 4) is 0 Å². The molecule has 1 heteroatoms. The van der Waals surface area contributed by atoms with Crippen molar-refractivity contribution in [3.63, 3.8) is 0 Å². The van der Waals surface area contributed by atoms with Crippen molar-refractivity contribution in [3.05, 3.63) is 0 Å². The van der Waals surface area contributed by atoms with Gasteiger partial charge in [0, 0.05) is 12.8 Å². The van der Waals surface area contributed by atoms with Crippen molar-refractivity contribution in [1.82, 2.24) is 0 Å². The monoisotopic (exact) mass is 197 g/mol. The molecule has 1 nitrogen and oxygen atoms in total. The molecule has 0 saturated carbocycles. The zero-order valence-electron chi connectivity index (χ0n) is 10.6. The Labute approximate surface area is 90.0 Å². The Hall–Kier alpha value is -0.330. The molecule has 0 aliphatic rings. The molecule has 0 radical (unpaired) electrons. The molecule has 0 rings (SSSR count). The highest BCUT2D eigenvalue weighted by Gasteiger charge is 2.16. The molecule has 0 heterocycles. The Morgan fingerprint density at radius 2 is 1.71 bits per heavy atom. The summed E-state index contributed by atoms with van der Waals surface area (Å²) in [6, 6.07) is 0. The fourth-order valence-electron chi connectivity index (χ4n) is 2.12. The van der Waals surface area contributed by atoms with Gasteiger partial charge >= 0.3 is 0 Å². The van der Waals surface area contributed by atoms with Crippen molar-refractivity contribution < 1.29 is 0 Å². The summed E-state index contributed by atoms with van der Waals surface area (Å²) < 4.78 is 0. The molecular weight excluding hydrogens is 170 g/mol. The highest BCUT2D eigenvalue weighted by Crippen LogP contribution is 2.25. The van der Waals surface area contributed by atoms with Gasteiger partial charge in [0.15, 0.2) is 0 Å². The molecule has 2 atom stereocenters. The number of hydrogen-bond donors (Lipinski definition) is 0. The molecule has 0 aliphatic heterocycles. The van der Waals surface area contributed by atoms with Crippen molar-refractivity contribution in [2.45, 2.75) is 59.8 Å². The summed E-state index contributed by atoms with van der Waals surface area (Å²) in [5.41, 5.74) is 1.31. The minimum Gasteiger partial charge on any atom is -0.298 e. The molecule has 0 aliphatic carbocycles. The van der Waals surface area contributed by atoms with Crippen molar-refractivity contribution in [2.24, 2.45) is 16.8 Å². The van der Waals surface area contributed by atoms with Crippen LogP contribution in [0.15, 0.2) is 4.99 Å². The van der Waals surface area contributed by atoms with Gasteiger partial charge < -0.3 is 0 Å². The van der Waals surface area contributed by atoms with Crippen LogP contribution in [0, 0.1) is 11.8 Å². The molecule has 0 amide bonds. The van der Waals surface area contributed by atoms with E-state index in [1.165, 1.54) is 37.8 Å². The summed E-state index contributed by atoms with van der Waals surface area (Å²) in [4.78, 5) is 4.27. The molecule has 0 N–H and O–H groups in total. The molecule has 0 saturated heterocycles. The average Bonchev–Trinajstić information content (AvgIpc) is 2.17. The summed E-state index contributed by atoms with van der Waals surface area (Å²) in [7, 11) is 1.91. The van der Waals surface area contributed by atoms with E-state index in [9.17, 15) is 0 Å². The first-order valence-corrected chi connectivity index (χ1v) is 6.07. The van der Waals surface area contributed by atoms with E-state index in [4.69, 9.17) is 0 Å². The SMILES string of the molecule is CCCC(C)C(CCC)CC(C)=NC. The Morgan fingerprint density at radius 3 is 2.14 bits per heavy atom. The van der Waals surface area contributed by atoms with Gasteiger partial charge in [0.1, 0.15) is 0 Å². The first kappa shape index (κ1) is 13.7. The fourth-order valence-corrected chi connectivity index (χ4v) is 2.12. The van der Waals surface area contributed by atoms with Crippen molar-refractivity contribution >= 4 is 5.71 Å². The van der Waals surface area contributed by atoms with E-state index < -0.39 is 0 Å². The maximum Gasteiger partial charge on any atom is 0.0276 e. The number of hydrogen-bond acceptors (Lipinski definition) is 1. The summed E-state index contributed by atoms with van der Waals surface area (Å²) in [5, 5.41) is 0. The van der Waals surface area contributed by atoms with E-state index >= 15 is 0 Å². The minimum absolute atomic E-state index is 0.851. The number of aliphatic imine (C=N–C) groups is 1. The van der Waals surface area contributed by atoms with Gasteiger partial charge in [0.2, 0.25) is 0 Å². The highest BCUT2D eigenvalue weighted by molar-refractivity contribution is 5.81. The zero-order valence-corrected chi connectivity index (χ0v) is 10.6. The van der Waals surface area contributed by atoms with Gasteiger partial charge in [-0.3, -0.25) is 4.99 Å². The van der Waals surface area contributed by atoms with Gasteiger partial charge in [-0.2, -0.15) is 0 Å². The second-order valence-corrected chi connectivity index (χ2v) is 4.48. The number of nitrogens with zero attached hydrogens (tertiary/aromatic N) is 1. The lowest BCUT2D eigenvalue weighted by Gasteiger charge is -2.23. The van der Waals surface area contributed by atoms with E-state index in [-0.39, 0.29) is 0 Å². The average molecular weight is 197 g/mol. The van der Waals surface area contributed by atoms with Crippen LogP contribution in [0.2, 0.25) is 0 Å². The smallest absolute Gasteiger partial charge is 0.0276 e. The maximum atomic E-state index is 4.27. The maximum absolute atomic E-state index is 4.27. The van der Waals surface area contributed by atoms with E-state index in [1.54, 1.807) is 0 Å². The Balaban J connectivity index is 4.12. The van der Waals surface area contributed by atoms with E-state index in [0.29, 0.717) is 0 Å². The van der Waals surface area contributed by atoms with Crippen LogP contribution in [0.25, 0.3) is 0 Å². The Kier molecular flexibility index (Phi) is 7.83. The standard InChI is InChI=1S/C13H27N/c1-6-8-11(3)13(9-7-2)10-12(4)14-5/h11,13H,6-10H2,1-5H3. The second kappa shape index (κ2) is 8.02. The first-order chi connectivity index (χ1) is 6.65. The molecule has 0 fully saturated rings. The van der Waals surface area contributed by atoms with Crippen LogP contribution in [-0.2, 0) is 0 Å². The molecule has 2 unspecified atom stereocenters. The number of rotatable bonds is 7. The topological polar surface area (TPSA) is 12.4 Å². The second-order valence-electron chi connectivity index (χ2n) is 4.48. The van der Waals surface area contributed by atoms with Crippen molar-refractivity contribution in [2.75, 3.05) is 7.05 Å². The van der Waals surface area contributed by atoms with Crippen LogP contribution in [-0.4, -0.2) is 12.8 Å². The van der Waals surface area contributed by atoms with Gasteiger partial charge in [-0.15, -0.1) is 0 Å². The summed E-state index contributed by atoms with van der Waals surface area (Å²) in [6.45, 7) is 9.11. The third-order valence-corrected chi connectivity index (χ3v) is 3.15. The first-order valence-electron chi connectivity index (χ1n) is 6.07. The van der Waals surface area contributed by atoms with Gasteiger partial charge in [0.25, 0.3) is 0 Å². The van der Waals surface area contributed by atoms with Gasteiger partial charge in [-0.25, -0.2) is 0 Å². The normalized spacial score (nSPS) is 16.8. The lowest BCUT2D eigenvalue weighted by molar-refractivity contribution is 0.321. The summed E-state index contributed by atoms with van der Waals surface area (Å²) in [6.07, 6.45) is 6.53.